The van der Waals surface area contributed by atoms with Crippen LogP contribution in [-0.2, 0) is 18.3 Å². The number of pyridine rings is 1. The fourth-order valence-corrected chi connectivity index (χ4v) is 2.54. The zero-order valence-electron chi connectivity index (χ0n) is 13.4. The van der Waals surface area contributed by atoms with E-state index in [0.29, 0.717) is 17.9 Å². The van der Waals surface area contributed by atoms with Gasteiger partial charge in [-0.2, -0.15) is 5.26 Å². The first-order valence-corrected chi connectivity index (χ1v) is 7.27. The quantitative estimate of drug-likeness (QED) is 0.585. The van der Waals surface area contributed by atoms with Gasteiger partial charge >= 0.3 is 0 Å². The first kappa shape index (κ1) is 15.5. The number of nitriles is 1. The van der Waals surface area contributed by atoms with E-state index in [-0.39, 0.29) is 0 Å². The van der Waals surface area contributed by atoms with Crippen molar-refractivity contribution in [1.29, 1.82) is 5.26 Å². The lowest BCUT2D eigenvalue weighted by atomic mass is 10.1. The van der Waals surface area contributed by atoms with E-state index in [2.05, 4.69) is 21.0 Å². The molecular weight excluding hydrogens is 304 g/mol. The molecule has 0 aliphatic carbocycles. The average molecular weight is 320 g/mol. The van der Waals surface area contributed by atoms with Gasteiger partial charge in [0.2, 0.25) is 0 Å². The number of allylic oxidation sites excluding steroid dienone is 1. The smallest absolute Gasteiger partial charge is 0.152 e. The van der Waals surface area contributed by atoms with E-state index in [9.17, 15) is 0 Å². The number of ether oxygens (including phenoxy) is 1. The maximum Gasteiger partial charge on any atom is 0.152 e. The van der Waals surface area contributed by atoms with Gasteiger partial charge in [-0.3, -0.25) is 9.98 Å². The third-order valence-corrected chi connectivity index (χ3v) is 3.77. The highest BCUT2D eigenvalue weighted by Crippen LogP contribution is 2.25. The normalized spacial score (nSPS) is 12.1. The first-order valence-electron chi connectivity index (χ1n) is 7.27. The molecule has 0 aliphatic heterocycles. The molecule has 0 saturated carbocycles. The second-order valence-electron chi connectivity index (χ2n) is 5.17. The van der Waals surface area contributed by atoms with Crippen LogP contribution in [0.25, 0.3) is 21.9 Å². The predicted octanol–water partition coefficient (Wildman–Crippen LogP) is 2.01. The molecule has 3 aromatic rings. The van der Waals surface area contributed by atoms with Crippen LogP contribution in [0.2, 0.25) is 0 Å². The fraction of sp³-hybridized carbons (Fsp3) is 0.176. The number of rotatable bonds is 4. The van der Waals surface area contributed by atoms with Gasteiger partial charge in [-0.05, 0) is 18.2 Å². The number of fused-ring (bicyclic) bond motifs is 3. The second kappa shape index (κ2) is 6.38. The summed E-state index contributed by atoms with van der Waals surface area (Å²) in [6, 6.07) is 7.59. The number of methoxy groups -OCH3 is 1. The molecule has 24 heavy (non-hydrogen) atoms. The van der Waals surface area contributed by atoms with Crippen molar-refractivity contribution in [3.05, 3.63) is 47.7 Å². The Bertz CT molecular complexity index is 1010. The van der Waals surface area contributed by atoms with Crippen LogP contribution in [0.1, 0.15) is 11.4 Å². The number of aryl methyl sites for hydroxylation is 1. The van der Waals surface area contributed by atoms with Crippen molar-refractivity contribution in [2.75, 3.05) is 7.11 Å². The summed E-state index contributed by atoms with van der Waals surface area (Å²) in [5.41, 5.74) is 8.53. The molecule has 0 atom stereocenters. The van der Waals surface area contributed by atoms with Crippen molar-refractivity contribution in [3.8, 4) is 6.07 Å². The Morgan fingerprint density at radius 1 is 1.46 bits per heavy atom. The van der Waals surface area contributed by atoms with E-state index in [1.807, 2.05) is 23.7 Å². The summed E-state index contributed by atoms with van der Waals surface area (Å²) in [5.74, 6) is 1.27. The van der Waals surface area contributed by atoms with Crippen LogP contribution in [0.4, 0.5) is 0 Å². The van der Waals surface area contributed by atoms with Crippen LogP contribution >= 0.6 is 0 Å². The first-order chi connectivity index (χ1) is 11.7. The van der Waals surface area contributed by atoms with Crippen molar-refractivity contribution in [2.45, 2.75) is 6.54 Å². The van der Waals surface area contributed by atoms with Crippen LogP contribution in [0.3, 0.4) is 0 Å². The van der Waals surface area contributed by atoms with Gasteiger partial charge < -0.3 is 15.0 Å². The number of aliphatic imine (C=N–C) groups is 1. The Morgan fingerprint density at radius 3 is 3.00 bits per heavy atom. The Morgan fingerprint density at radius 2 is 2.29 bits per heavy atom. The van der Waals surface area contributed by atoms with Gasteiger partial charge in [-0.15, -0.1) is 0 Å². The molecule has 7 heteroatoms. The van der Waals surface area contributed by atoms with Gasteiger partial charge in [-0.25, -0.2) is 4.98 Å². The molecule has 0 amide bonds. The molecule has 0 bridgehead atoms. The Kier molecular flexibility index (Phi) is 4.12. The highest BCUT2D eigenvalue weighted by Gasteiger charge is 2.12. The maximum absolute atomic E-state index is 9.12. The van der Waals surface area contributed by atoms with Gasteiger partial charge in [0.25, 0.3) is 0 Å². The van der Waals surface area contributed by atoms with E-state index in [0.717, 1.165) is 27.8 Å². The highest BCUT2D eigenvalue weighted by atomic mass is 16.5. The maximum atomic E-state index is 9.12. The Labute approximate surface area is 138 Å². The van der Waals surface area contributed by atoms with Crippen LogP contribution in [0.5, 0.6) is 0 Å². The Hall–Kier alpha value is -3.40. The molecule has 3 rings (SSSR count). The average Bonchev–Trinajstić information content (AvgIpc) is 2.94. The minimum atomic E-state index is 0.380. The number of hydrogen-bond acceptors (Lipinski definition) is 6. The van der Waals surface area contributed by atoms with Crippen molar-refractivity contribution in [1.82, 2.24) is 14.5 Å². The van der Waals surface area contributed by atoms with Gasteiger partial charge in [-0.1, -0.05) is 0 Å². The van der Waals surface area contributed by atoms with E-state index in [4.69, 9.17) is 15.7 Å². The summed E-state index contributed by atoms with van der Waals surface area (Å²) >= 11 is 0. The van der Waals surface area contributed by atoms with Gasteiger partial charge in [0.15, 0.2) is 5.76 Å². The predicted molar refractivity (Wildman–Crippen MR) is 92.2 cm³/mol. The lowest BCUT2D eigenvalue weighted by molar-refractivity contribution is 0.316. The minimum absolute atomic E-state index is 0.380. The number of imidazole rings is 1. The molecule has 7 nitrogen and oxygen atoms in total. The number of benzene rings is 1. The monoisotopic (exact) mass is 320 g/mol. The van der Waals surface area contributed by atoms with Crippen LogP contribution in [0, 0.1) is 11.3 Å². The SMILES string of the molecule is COC(C=NCc1nc2cnc3ccc(C#N)cc3c2n1C)=CN. The summed E-state index contributed by atoms with van der Waals surface area (Å²) in [6.45, 7) is 0.380. The van der Waals surface area contributed by atoms with Gasteiger partial charge in [0.05, 0.1) is 48.7 Å². The van der Waals surface area contributed by atoms with E-state index >= 15 is 0 Å². The fourth-order valence-electron chi connectivity index (χ4n) is 2.54. The van der Waals surface area contributed by atoms with Crippen LogP contribution in [0.15, 0.2) is 41.3 Å². The van der Waals surface area contributed by atoms with Crippen molar-refractivity contribution in [3.63, 3.8) is 0 Å². The number of hydrogen-bond donors (Lipinski definition) is 1. The largest absolute Gasteiger partial charge is 0.494 e. The molecule has 2 N–H and O–H groups in total. The van der Waals surface area contributed by atoms with Gasteiger partial charge in [0.1, 0.15) is 11.3 Å². The third-order valence-electron chi connectivity index (χ3n) is 3.77. The molecule has 0 unspecified atom stereocenters. The number of aromatic nitrogens is 3. The number of nitrogens with two attached hydrogens (primary N) is 1. The van der Waals surface area contributed by atoms with Crippen molar-refractivity contribution in [2.24, 2.45) is 17.8 Å². The highest BCUT2D eigenvalue weighted by molar-refractivity contribution is 6.02. The molecular formula is C17H16N6O. The molecule has 0 spiro atoms. The molecule has 0 radical (unpaired) electrons. The standard InChI is InChI=1S/C17H16N6O/c1-23-16(10-20-8-12(7-19)24-2)22-15-9-21-14-4-3-11(6-18)5-13(14)17(15)23/h3-5,7-9H,10,19H2,1-2H3. The van der Waals surface area contributed by atoms with E-state index in [1.165, 1.54) is 13.3 Å². The summed E-state index contributed by atoms with van der Waals surface area (Å²) < 4.78 is 7.00. The lowest BCUT2D eigenvalue weighted by Gasteiger charge is -2.03. The molecule has 1 aromatic carbocycles. The molecule has 2 heterocycles. The molecule has 120 valence electrons. The van der Waals surface area contributed by atoms with E-state index < -0.39 is 0 Å². The van der Waals surface area contributed by atoms with E-state index in [1.54, 1.807) is 18.5 Å². The van der Waals surface area contributed by atoms with Crippen molar-refractivity contribution < 1.29 is 4.74 Å². The molecule has 0 saturated heterocycles. The summed E-state index contributed by atoms with van der Waals surface area (Å²) in [4.78, 5) is 13.3. The zero-order valence-corrected chi connectivity index (χ0v) is 13.4. The second-order valence-corrected chi connectivity index (χ2v) is 5.17. The summed E-state index contributed by atoms with van der Waals surface area (Å²) in [7, 11) is 3.46. The number of nitrogens with zero attached hydrogens (tertiary/aromatic N) is 5. The minimum Gasteiger partial charge on any atom is -0.494 e. The summed E-state index contributed by atoms with van der Waals surface area (Å²) in [6.07, 6.45) is 4.64. The summed E-state index contributed by atoms with van der Waals surface area (Å²) in [5, 5.41) is 10.0. The molecule has 2 aromatic heterocycles. The topological polar surface area (TPSA) is 102 Å². The zero-order chi connectivity index (χ0) is 17.1. The molecule has 0 aliphatic rings. The molecule has 0 fully saturated rings. The van der Waals surface area contributed by atoms with Crippen LogP contribution < -0.4 is 5.73 Å². The Balaban J connectivity index is 2.07. The van der Waals surface area contributed by atoms with Crippen LogP contribution in [-0.4, -0.2) is 27.9 Å². The van der Waals surface area contributed by atoms with Gasteiger partial charge in [0, 0.05) is 18.6 Å². The van der Waals surface area contributed by atoms with Crippen molar-refractivity contribution >= 4 is 28.2 Å². The third kappa shape index (κ3) is 2.65. The lowest BCUT2D eigenvalue weighted by Crippen LogP contribution is -1.98.